The van der Waals surface area contributed by atoms with E-state index in [0.717, 1.165) is 5.56 Å². The van der Waals surface area contributed by atoms with E-state index in [1.54, 1.807) is 0 Å². The van der Waals surface area contributed by atoms with E-state index in [-0.39, 0.29) is 16.9 Å². The third kappa shape index (κ3) is 2.68. The zero-order valence-corrected chi connectivity index (χ0v) is 11.7. The number of rotatable bonds is 2. The molecule has 0 heterocycles. The van der Waals surface area contributed by atoms with Crippen LogP contribution in [-0.2, 0) is 0 Å². The van der Waals surface area contributed by atoms with E-state index < -0.39 is 0 Å². The second kappa shape index (κ2) is 4.52. The first-order valence-corrected chi connectivity index (χ1v) is 6.01. The maximum Gasteiger partial charge on any atom is 0.254 e. The Bertz CT molecular complexity index is 387. The molecule has 0 fully saturated rings. The van der Waals surface area contributed by atoms with Gasteiger partial charge in [-0.05, 0) is 31.4 Å². The Hall–Kier alpha value is -1.31. The summed E-state index contributed by atoms with van der Waals surface area (Å²) in [7, 11) is 1.88. The molecule has 0 aliphatic rings. The summed E-state index contributed by atoms with van der Waals surface area (Å²) in [6.07, 6.45) is 0. The summed E-state index contributed by atoms with van der Waals surface area (Å²) in [4.78, 5) is 14.2. The fourth-order valence-corrected chi connectivity index (χ4v) is 1.53. The number of hydrogen-bond donors (Lipinski definition) is 0. The van der Waals surface area contributed by atoms with E-state index in [0.29, 0.717) is 0 Å². The molecule has 0 saturated heterocycles. The molecule has 0 bridgehead atoms. The van der Waals surface area contributed by atoms with Crippen molar-refractivity contribution in [2.24, 2.45) is 5.41 Å². The topological polar surface area (TPSA) is 20.3 Å². The van der Waals surface area contributed by atoms with Gasteiger partial charge in [-0.25, -0.2) is 0 Å². The van der Waals surface area contributed by atoms with E-state index >= 15 is 0 Å². The molecule has 0 saturated carbocycles. The van der Waals surface area contributed by atoms with Crippen LogP contribution in [0.5, 0.6) is 0 Å². The molecule has 0 aliphatic heterocycles. The van der Waals surface area contributed by atoms with Gasteiger partial charge in [-0.15, -0.1) is 0 Å². The van der Waals surface area contributed by atoms with Gasteiger partial charge in [0.05, 0.1) is 0 Å². The Labute approximate surface area is 105 Å². The molecule has 17 heavy (non-hydrogen) atoms. The van der Waals surface area contributed by atoms with Gasteiger partial charge in [-0.1, -0.05) is 39.0 Å². The van der Waals surface area contributed by atoms with Crippen LogP contribution in [0.2, 0.25) is 0 Å². The summed E-state index contributed by atoms with van der Waals surface area (Å²) in [6.45, 7) is 10.7. The van der Waals surface area contributed by atoms with Crippen LogP contribution in [0.25, 0.3) is 0 Å². The molecule has 2 nitrogen and oxygen atoms in total. The van der Waals surface area contributed by atoms with Crippen molar-refractivity contribution in [2.75, 3.05) is 7.05 Å². The minimum Gasteiger partial charge on any atom is -0.336 e. The van der Waals surface area contributed by atoms with Gasteiger partial charge in [0.1, 0.15) is 0 Å². The lowest BCUT2D eigenvalue weighted by molar-refractivity contribution is 0.0309. The van der Waals surface area contributed by atoms with E-state index in [2.05, 4.69) is 34.6 Å². The molecular formula is C15H23NO. The Morgan fingerprint density at radius 2 is 1.47 bits per heavy atom. The van der Waals surface area contributed by atoms with Crippen LogP contribution < -0.4 is 0 Å². The quantitative estimate of drug-likeness (QED) is 0.764. The molecule has 0 aliphatic carbocycles. The molecule has 0 N–H and O–H groups in total. The Kier molecular flexibility index (Phi) is 3.65. The van der Waals surface area contributed by atoms with E-state index in [4.69, 9.17) is 0 Å². The molecule has 0 aromatic heterocycles. The maximum absolute atomic E-state index is 12.4. The first-order valence-electron chi connectivity index (χ1n) is 6.01. The van der Waals surface area contributed by atoms with Crippen molar-refractivity contribution in [2.45, 2.75) is 40.2 Å². The normalized spacial score (nSPS) is 12.4. The average molecular weight is 233 g/mol. The van der Waals surface area contributed by atoms with E-state index in [9.17, 15) is 4.79 Å². The molecular weight excluding hydrogens is 210 g/mol. The third-order valence-corrected chi connectivity index (χ3v) is 4.00. The largest absolute Gasteiger partial charge is 0.336 e. The van der Waals surface area contributed by atoms with Gasteiger partial charge in [0, 0.05) is 18.2 Å². The molecule has 1 amide bonds. The van der Waals surface area contributed by atoms with Gasteiger partial charge < -0.3 is 4.90 Å². The van der Waals surface area contributed by atoms with Gasteiger partial charge >= 0.3 is 0 Å². The first kappa shape index (κ1) is 13.8. The van der Waals surface area contributed by atoms with Crippen LogP contribution in [0.15, 0.2) is 30.3 Å². The monoisotopic (exact) mass is 233 g/mol. The number of carbonyl (C=O) groups is 1. The fraction of sp³-hybridized carbons (Fsp3) is 0.533. The van der Waals surface area contributed by atoms with Crippen molar-refractivity contribution in [3.05, 3.63) is 35.9 Å². The number of hydrogen-bond acceptors (Lipinski definition) is 1. The number of amides is 1. The van der Waals surface area contributed by atoms with Crippen LogP contribution in [0.4, 0.5) is 0 Å². The molecule has 0 spiro atoms. The Morgan fingerprint density at radius 3 is 1.88 bits per heavy atom. The summed E-state index contributed by atoms with van der Waals surface area (Å²) in [5, 5.41) is 0. The smallest absolute Gasteiger partial charge is 0.254 e. The lowest BCUT2D eigenvalue weighted by atomic mass is 9.75. The second-order valence-electron chi connectivity index (χ2n) is 6.04. The molecule has 94 valence electrons. The standard InChI is InChI=1S/C15H23NO/c1-14(2,3)15(4,5)16(6)13(17)12-10-8-7-9-11-12/h7-11H,1-6H3. The van der Waals surface area contributed by atoms with Crippen LogP contribution in [0, 0.1) is 5.41 Å². The first-order chi connectivity index (χ1) is 7.68. The van der Waals surface area contributed by atoms with Crippen molar-refractivity contribution < 1.29 is 4.79 Å². The Morgan fingerprint density at radius 1 is 1.00 bits per heavy atom. The van der Waals surface area contributed by atoms with Crippen molar-refractivity contribution >= 4 is 5.91 Å². The van der Waals surface area contributed by atoms with Gasteiger partial charge in [-0.2, -0.15) is 0 Å². The maximum atomic E-state index is 12.4. The lowest BCUT2D eigenvalue weighted by Crippen LogP contribution is -2.53. The summed E-state index contributed by atoms with van der Waals surface area (Å²) in [5.74, 6) is 0.0746. The van der Waals surface area contributed by atoms with Crippen LogP contribution in [0.3, 0.4) is 0 Å². The SMILES string of the molecule is CN(C(=O)c1ccccc1)C(C)(C)C(C)(C)C. The summed E-state index contributed by atoms with van der Waals surface area (Å²) < 4.78 is 0. The zero-order valence-electron chi connectivity index (χ0n) is 11.7. The highest BCUT2D eigenvalue weighted by Gasteiger charge is 2.38. The summed E-state index contributed by atoms with van der Waals surface area (Å²) in [6, 6.07) is 9.43. The highest BCUT2D eigenvalue weighted by atomic mass is 16.2. The van der Waals surface area contributed by atoms with Crippen molar-refractivity contribution in [3.8, 4) is 0 Å². The minimum atomic E-state index is -0.195. The van der Waals surface area contributed by atoms with Crippen LogP contribution in [-0.4, -0.2) is 23.4 Å². The molecule has 2 heteroatoms. The van der Waals surface area contributed by atoms with Gasteiger partial charge in [-0.3, -0.25) is 4.79 Å². The number of carbonyl (C=O) groups excluding carboxylic acids is 1. The fourth-order valence-electron chi connectivity index (χ4n) is 1.53. The van der Waals surface area contributed by atoms with E-state index in [1.165, 1.54) is 0 Å². The molecule has 0 radical (unpaired) electrons. The predicted octanol–water partition coefficient (Wildman–Crippen LogP) is 3.58. The zero-order chi connectivity index (χ0) is 13.3. The van der Waals surface area contributed by atoms with Gasteiger partial charge in [0.2, 0.25) is 0 Å². The predicted molar refractivity (Wildman–Crippen MR) is 72.1 cm³/mol. The van der Waals surface area contributed by atoms with Crippen LogP contribution >= 0.6 is 0 Å². The van der Waals surface area contributed by atoms with Crippen molar-refractivity contribution in [3.63, 3.8) is 0 Å². The second-order valence-corrected chi connectivity index (χ2v) is 6.04. The minimum absolute atomic E-state index is 0.0339. The average Bonchev–Trinajstić information content (AvgIpc) is 2.26. The summed E-state index contributed by atoms with van der Waals surface area (Å²) in [5.41, 5.74) is 0.582. The molecule has 1 rings (SSSR count). The number of nitrogens with zero attached hydrogens (tertiary/aromatic N) is 1. The van der Waals surface area contributed by atoms with Gasteiger partial charge in [0.25, 0.3) is 5.91 Å². The van der Waals surface area contributed by atoms with Gasteiger partial charge in [0.15, 0.2) is 0 Å². The molecule has 1 aromatic rings. The van der Waals surface area contributed by atoms with Crippen molar-refractivity contribution in [1.29, 1.82) is 0 Å². The van der Waals surface area contributed by atoms with Crippen LogP contribution in [0.1, 0.15) is 45.0 Å². The highest BCUT2D eigenvalue weighted by Crippen LogP contribution is 2.34. The summed E-state index contributed by atoms with van der Waals surface area (Å²) >= 11 is 0. The highest BCUT2D eigenvalue weighted by molar-refractivity contribution is 5.94. The molecule has 0 unspecified atom stereocenters. The molecule has 1 aromatic carbocycles. The number of benzene rings is 1. The molecule has 0 atom stereocenters. The van der Waals surface area contributed by atoms with E-state index in [1.807, 2.05) is 42.3 Å². The van der Waals surface area contributed by atoms with Crippen molar-refractivity contribution in [1.82, 2.24) is 4.90 Å². The Balaban J connectivity index is 2.99. The lowest BCUT2D eigenvalue weighted by Gasteiger charge is -2.46. The third-order valence-electron chi connectivity index (χ3n) is 4.00.